The summed E-state index contributed by atoms with van der Waals surface area (Å²) in [6, 6.07) is 8.41. The quantitative estimate of drug-likeness (QED) is 0.813. The fourth-order valence-corrected chi connectivity index (χ4v) is 2.94. The monoisotopic (exact) mass is 246 g/mol. The van der Waals surface area contributed by atoms with E-state index >= 15 is 0 Å². The van der Waals surface area contributed by atoms with Crippen LogP contribution >= 0.6 is 11.3 Å². The molecule has 0 aliphatic rings. The first-order valence-electron chi connectivity index (χ1n) is 5.75. The van der Waals surface area contributed by atoms with Crippen molar-refractivity contribution in [3.63, 3.8) is 0 Å². The van der Waals surface area contributed by atoms with Crippen LogP contribution < -0.4 is 11.1 Å². The molecule has 0 saturated carbocycles. The Kier molecular flexibility index (Phi) is 3.82. The number of likely N-dealkylation sites (N-methyl/N-ethyl adjacent to an activating group) is 1. The second-order valence-corrected chi connectivity index (χ2v) is 5.00. The lowest BCUT2D eigenvalue weighted by Crippen LogP contribution is -2.19. The highest BCUT2D eigenvalue weighted by Gasteiger charge is 2.14. The van der Waals surface area contributed by atoms with Crippen LogP contribution in [-0.2, 0) is 6.42 Å². The van der Waals surface area contributed by atoms with Crippen LogP contribution in [0.3, 0.4) is 0 Å². The van der Waals surface area contributed by atoms with Crippen molar-refractivity contribution in [3.8, 4) is 0 Å². The van der Waals surface area contributed by atoms with Gasteiger partial charge >= 0.3 is 0 Å². The Morgan fingerprint density at radius 2 is 2.06 bits per heavy atom. The van der Waals surface area contributed by atoms with Crippen molar-refractivity contribution in [2.45, 2.75) is 19.4 Å². The van der Waals surface area contributed by atoms with Crippen LogP contribution in [0.1, 0.15) is 22.7 Å². The number of hydrogen-bond donors (Lipinski definition) is 2. The van der Waals surface area contributed by atoms with Crippen LogP contribution in [0.4, 0.5) is 5.69 Å². The number of nitrogen functional groups attached to an aromatic ring is 1. The molecule has 1 heterocycles. The Labute approximate surface area is 106 Å². The van der Waals surface area contributed by atoms with Gasteiger partial charge in [0.2, 0.25) is 0 Å². The van der Waals surface area contributed by atoms with Crippen molar-refractivity contribution >= 4 is 17.0 Å². The minimum atomic E-state index is 0.339. The summed E-state index contributed by atoms with van der Waals surface area (Å²) < 4.78 is 0. The molecule has 0 radical (unpaired) electrons. The minimum Gasteiger partial charge on any atom is -0.399 e. The SMILES string of the molecule is CNC(Cc1ccccc1N)c1cscc1C. The van der Waals surface area contributed by atoms with Crippen molar-refractivity contribution < 1.29 is 0 Å². The number of aryl methyl sites for hydroxylation is 1. The van der Waals surface area contributed by atoms with Gasteiger partial charge in [-0.05, 0) is 53.9 Å². The van der Waals surface area contributed by atoms with Crippen molar-refractivity contribution in [1.82, 2.24) is 5.32 Å². The van der Waals surface area contributed by atoms with Crippen LogP contribution in [0.25, 0.3) is 0 Å². The third-order valence-corrected chi connectivity index (χ3v) is 3.98. The normalized spacial score (nSPS) is 12.6. The first-order valence-corrected chi connectivity index (χ1v) is 6.70. The smallest absolute Gasteiger partial charge is 0.0370 e. The molecule has 1 unspecified atom stereocenters. The van der Waals surface area contributed by atoms with E-state index in [1.54, 1.807) is 11.3 Å². The predicted molar refractivity (Wildman–Crippen MR) is 75.4 cm³/mol. The highest BCUT2D eigenvalue weighted by Crippen LogP contribution is 2.26. The molecule has 0 aliphatic carbocycles. The molecule has 2 aromatic rings. The summed E-state index contributed by atoms with van der Waals surface area (Å²) >= 11 is 1.75. The summed E-state index contributed by atoms with van der Waals surface area (Å²) in [6.07, 6.45) is 0.931. The Bertz CT molecular complexity index is 490. The topological polar surface area (TPSA) is 38.0 Å². The number of hydrogen-bond acceptors (Lipinski definition) is 3. The molecule has 0 saturated heterocycles. The van der Waals surface area contributed by atoms with Gasteiger partial charge in [0.25, 0.3) is 0 Å². The summed E-state index contributed by atoms with van der Waals surface area (Å²) in [5.74, 6) is 0. The second-order valence-electron chi connectivity index (χ2n) is 4.25. The van der Waals surface area contributed by atoms with Crippen LogP contribution in [0.2, 0.25) is 0 Å². The Hall–Kier alpha value is -1.32. The summed E-state index contributed by atoms with van der Waals surface area (Å²) in [5, 5.41) is 7.78. The summed E-state index contributed by atoms with van der Waals surface area (Å²) in [6.45, 7) is 2.16. The van der Waals surface area contributed by atoms with Crippen LogP contribution in [0.15, 0.2) is 35.0 Å². The number of nitrogens with one attached hydrogen (secondary N) is 1. The number of nitrogens with two attached hydrogens (primary N) is 1. The van der Waals surface area contributed by atoms with Gasteiger partial charge in [-0.3, -0.25) is 0 Å². The van der Waals surface area contributed by atoms with E-state index in [2.05, 4.69) is 29.1 Å². The van der Waals surface area contributed by atoms with E-state index in [4.69, 9.17) is 5.73 Å². The maximum Gasteiger partial charge on any atom is 0.0370 e. The van der Waals surface area contributed by atoms with Gasteiger partial charge in [0.05, 0.1) is 0 Å². The average Bonchev–Trinajstić information content (AvgIpc) is 2.75. The zero-order valence-corrected chi connectivity index (χ0v) is 11.1. The lowest BCUT2D eigenvalue weighted by Gasteiger charge is -2.17. The number of para-hydroxylation sites is 1. The third-order valence-electron chi connectivity index (χ3n) is 3.10. The fourth-order valence-electron chi connectivity index (χ4n) is 2.03. The van der Waals surface area contributed by atoms with Gasteiger partial charge in [-0.2, -0.15) is 11.3 Å². The number of anilines is 1. The highest BCUT2D eigenvalue weighted by atomic mass is 32.1. The molecule has 0 amide bonds. The van der Waals surface area contributed by atoms with Gasteiger partial charge in [0.15, 0.2) is 0 Å². The molecule has 90 valence electrons. The first-order chi connectivity index (χ1) is 8.22. The number of thiophene rings is 1. The highest BCUT2D eigenvalue weighted by molar-refractivity contribution is 7.08. The third kappa shape index (κ3) is 2.68. The van der Waals surface area contributed by atoms with Gasteiger partial charge in [0.1, 0.15) is 0 Å². The summed E-state index contributed by atoms with van der Waals surface area (Å²) in [4.78, 5) is 0. The molecule has 1 aromatic heterocycles. The predicted octanol–water partition coefficient (Wildman–Crippen LogP) is 3.14. The van der Waals surface area contributed by atoms with Crippen molar-refractivity contribution in [2.24, 2.45) is 0 Å². The van der Waals surface area contributed by atoms with Crippen molar-refractivity contribution in [1.29, 1.82) is 0 Å². The Morgan fingerprint density at radius 3 is 2.65 bits per heavy atom. The van der Waals surface area contributed by atoms with Gasteiger partial charge in [-0.25, -0.2) is 0 Å². The van der Waals surface area contributed by atoms with Crippen LogP contribution in [0.5, 0.6) is 0 Å². The van der Waals surface area contributed by atoms with Crippen LogP contribution in [-0.4, -0.2) is 7.05 Å². The van der Waals surface area contributed by atoms with Crippen molar-refractivity contribution in [3.05, 3.63) is 51.7 Å². The molecule has 0 spiro atoms. The van der Waals surface area contributed by atoms with Crippen molar-refractivity contribution in [2.75, 3.05) is 12.8 Å². The molecule has 2 rings (SSSR count). The van der Waals surface area contributed by atoms with E-state index in [1.807, 2.05) is 25.2 Å². The maximum atomic E-state index is 5.99. The lowest BCUT2D eigenvalue weighted by molar-refractivity contribution is 0.592. The molecule has 0 aliphatic heterocycles. The zero-order valence-electron chi connectivity index (χ0n) is 10.2. The molecule has 1 atom stereocenters. The molecule has 0 bridgehead atoms. The minimum absolute atomic E-state index is 0.339. The molecule has 2 nitrogen and oxygen atoms in total. The lowest BCUT2D eigenvalue weighted by atomic mass is 9.98. The van der Waals surface area contributed by atoms with E-state index < -0.39 is 0 Å². The van der Waals surface area contributed by atoms with E-state index in [0.717, 1.165) is 12.1 Å². The maximum absolute atomic E-state index is 5.99. The second kappa shape index (κ2) is 5.34. The summed E-state index contributed by atoms with van der Waals surface area (Å²) in [7, 11) is 2.00. The van der Waals surface area contributed by atoms with E-state index in [9.17, 15) is 0 Å². The standard InChI is InChI=1S/C14H18N2S/c1-10-8-17-9-12(10)14(16-2)7-11-5-3-4-6-13(11)15/h3-6,8-9,14,16H,7,15H2,1-2H3. The van der Waals surface area contributed by atoms with E-state index in [-0.39, 0.29) is 0 Å². The Morgan fingerprint density at radius 1 is 1.29 bits per heavy atom. The van der Waals surface area contributed by atoms with Gasteiger partial charge in [-0.15, -0.1) is 0 Å². The first kappa shape index (κ1) is 12.1. The number of benzene rings is 1. The molecule has 3 heteroatoms. The largest absolute Gasteiger partial charge is 0.399 e. The van der Waals surface area contributed by atoms with Gasteiger partial charge < -0.3 is 11.1 Å². The molecule has 1 aromatic carbocycles. The molecule has 0 fully saturated rings. The number of rotatable bonds is 4. The van der Waals surface area contributed by atoms with Crippen LogP contribution in [0, 0.1) is 6.92 Å². The summed E-state index contributed by atoms with van der Waals surface area (Å²) in [5.41, 5.74) is 10.8. The molecular formula is C14H18N2S. The Balaban J connectivity index is 2.22. The average molecular weight is 246 g/mol. The van der Waals surface area contributed by atoms with Gasteiger partial charge in [-0.1, -0.05) is 18.2 Å². The molecule has 3 N–H and O–H groups in total. The zero-order chi connectivity index (χ0) is 12.3. The van der Waals surface area contributed by atoms with E-state index in [0.29, 0.717) is 6.04 Å². The van der Waals surface area contributed by atoms with Gasteiger partial charge in [0, 0.05) is 11.7 Å². The molecule has 17 heavy (non-hydrogen) atoms. The fraction of sp³-hybridized carbons (Fsp3) is 0.286. The molecular weight excluding hydrogens is 228 g/mol. The van der Waals surface area contributed by atoms with E-state index in [1.165, 1.54) is 16.7 Å².